The number of rotatable bonds is 5. The molecule has 1 aromatic heterocycles. The summed E-state index contributed by atoms with van der Waals surface area (Å²) in [5, 5.41) is 0. The lowest BCUT2D eigenvalue weighted by atomic mass is 10.4. The van der Waals surface area contributed by atoms with E-state index in [2.05, 4.69) is 9.97 Å². The molecule has 5 nitrogen and oxygen atoms in total. The van der Waals surface area contributed by atoms with Gasteiger partial charge in [0.15, 0.2) is 5.82 Å². The van der Waals surface area contributed by atoms with Gasteiger partial charge in [-0.1, -0.05) is 0 Å². The molecule has 0 radical (unpaired) electrons. The molecule has 0 amide bonds. The smallest absolute Gasteiger partial charge is 0.255 e. The number of anilines is 2. The number of hydrogen-bond donors (Lipinski definition) is 1. The van der Waals surface area contributed by atoms with Crippen LogP contribution in [0, 0.1) is 0 Å². The minimum atomic E-state index is -2.45. The van der Waals surface area contributed by atoms with Crippen LogP contribution in [0.5, 0.6) is 5.88 Å². The summed E-state index contributed by atoms with van der Waals surface area (Å²) in [5.74, 6) is 0.460. The number of nitrogen functional groups attached to an aromatic ring is 1. The molecule has 0 saturated heterocycles. The van der Waals surface area contributed by atoms with Gasteiger partial charge in [-0.2, -0.15) is 4.98 Å². The highest BCUT2D eigenvalue weighted by Crippen LogP contribution is 2.27. The Morgan fingerprint density at radius 3 is 2.59 bits per heavy atom. The minimum Gasteiger partial charge on any atom is -0.473 e. The third kappa shape index (κ3) is 3.69. The maximum atomic E-state index is 12.3. The first-order valence-electron chi connectivity index (χ1n) is 5.18. The molecule has 0 aliphatic carbocycles. The average Bonchev–Trinajstić information content (AvgIpc) is 2.19. The van der Waals surface area contributed by atoms with Gasteiger partial charge in [0.05, 0.1) is 12.6 Å². The number of alkyl halides is 2. The molecule has 0 saturated carbocycles. The van der Waals surface area contributed by atoms with E-state index in [9.17, 15) is 8.78 Å². The van der Waals surface area contributed by atoms with Crippen molar-refractivity contribution in [1.29, 1.82) is 0 Å². The van der Waals surface area contributed by atoms with Crippen LogP contribution in [0.1, 0.15) is 13.8 Å². The summed E-state index contributed by atoms with van der Waals surface area (Å²) >= 11 is 0. The first kappa shape index (κ1) is 13.4. The highest BCUT2D eigenvalue weighted by atomic mass is 19.3. The molecule has 1 aromatic rings. The van der Waals surface area contributed by atoms with Gasteiger partial charge < -0.3 is 15.4 Å². The molecule has 0 fully saturated rings. The van der Waals surface area contributed by atoms with E-state index in [-0.39, 0.29) is 23.5 Å². The molecule has 1 rings (SSSR count). The standard InChI is InChI=1S/C10H16F2N4O/c1-6(2)17-10-8(13)9(14-5-15-10)16(3)4-7(11)12/h5-7H,4,13H2,1-3H3. The van der Waals surface area contributed by atoms with Crippen molar-refractivity contribution in [2.75, 3.05) is 24.2 Å². The number of hydrogen-bond acceptors (Lipinski definition) is 5. The van der Waals surface area contributed by atoms with Crippen molar-refractivity contribution in [2.24, 2.45) is 0 Å². The minimum absolute atomic E-state index is 0.0968. The number of aromatic nitrogens is 2. The van der Waals surface area contributed by atoms with E-state index < -0.39 is 13.0 Å². The Hall–Kier alpha value is -1.66. The number of nitrogens with zero attached hydrogens (tertiary/aromatic N) is 3. The van der Waals surface area contributed by atoms with Crippen molar-refractivity contribution in [3.05, 3.63) is 6.33 Å². The Labute approximate surface area is 98.6 Å². The van der Waals surface area contributed by atoms with Crippen molar-refractivity contribution in [1.82, 2.24) is 9.97 Å². The quantitative estimate of drug-likeness (QED) is 0.853. The molecule has 0 aromatic carbocycles. The van der Waals surface area contributed by atoms with Crippen LogP contribution in [0.25, 0.3) is 0 Å². The van der Waals surface area contributed by atoms with E-state index >= 15 is 0 Å². The molecule has 0 aliphatic heterocycles. The van der Waals surface area contributed by atoms with Crippen LogP contribution in [-0.4, -0.2) is 36.1 Å². The number of halogens is 2. The zero-order valence-electron chi connectivity index (χ0n) is 10.0. The second kappa shape index (κ2) is 5.60. The van der Waals surface area contributed by atoms with Crippen LogP contribution >= 0.6 is 0 Å². The lowest BCUT2D eigenvalue weighted by molar-refractivity contribution is 0.156. The molecule has 0 atom stereocenters. The van der Waals surface area contributed by atoms with Gasteiger partial charge in [-0.3, -0.25) is 0 Å². The van der Waals surface area contributed by atoms with E-state index in [0.717, 1.165) is 0 Å². The Kier molecular flexibility index (Phi) is 4.42. The normalized spacial score (nSPS) is 11.0. The third-order valence-electron chi connectivity index (χ3n) is 1.95. The van der Waals surface area contributed by atoms with Crippen molar-refractivity contribution in [3.8, 4) is 5.88 Å². The Morgan fingerprint density at radius 2 is 2.06 bits per heavy atom. The summed E-state index contributed by atoms with van der Waals surface area (Å²) in [4.78, 5) is 9.02. The van der Waals surface area contributed by atoms with Crippen LogP contribution in [0.4, 0.5) is 20.3 Å². The summed E-state index contributed by atoms with van der Waals surface area (Å²) in [5.41, 5.74) is 5.94. The molecule has 96 valence electrons. The monoisotopic (exact) mass is 246 g/mol. The van der Waals surface area contributed by atoms with Gasteiger partial charge in [0, 0.05) is 7.05 Å². The SMILES string of the molecule is CC(C)Oc1ncnc(N(C)CC(F)F)c1N. The van der Waals surface area contributed by atoms with Crippen LogP contribution in [0.15, 0.2) is 6.33 Å². The predicted octanol–water partition coefficient (Wildman–Crippen LogP) is 1.55. The van der Waals surface area contributed by atoms with Crippen LogP contribution in [0.2, 0.25) is 0 Å². The summed E-state index contributed by atoms with van der Waals surface area (Å²) in [6.45, 7) is 3.20. The van der Waals surface area contributed by atoms with Crippen molar-refractivity contribution in [2.45, 2.75) is 26.4 Å². The van der Waals surface area contributed by atoms with Crippen LogP contribution < -0.4 is 15.4 Å². The van der Waals surface area contributed by atoms with E-state index in [1.165, 1.54) is 18.3 Å². The summed E-state index contributed by atoms with van der Waals surface area (Å²) in [7, 11) is 1.49. The molecule has 0 bridgehead atoms. The Morgan fingerprint density at radius 1 is 1.41 bits per heavy atom. The van der Waals surface area contributed by atoms with Crippen molar-refractivity contribution < 1.29 is 13.5 Å². The van der Waals surface area contributed by atoms with Gasteiger partial charge in [-0.15, -0.1) is 0 Å². The van der Waals surface area contributed by atoms with Crippen LogP contribution in [-0.2, 0) is 0 Å². The molecule has 17 heavy (non-hydrogen) atoms. The van der Waals surface area contributed by atoms with E-state index in [4.69, 9.17) is 10.5 Å². The first-order chi connectivity index (χ1) is 7.91. The lowest BCUT2D eigenvalue weighted by Gasteiger charge is -2.20. The first-order valence-corrected chi connectivity index (χ1v) is 5.18. The van der Waals surface area contributed by atoms with Gasteiger partial charge >= 0.3 is 0 Å². The highest BCUT2D eigenvalue weighted by molar-refractivity contribution is 5.67. The number of ether oxygens (including phenoxy) is 1. The van der Waals surface area contributed by atoms with Gasteiger partial charge in [0.1, 0.15) is 12.0 Å². The van der Waals surface area contributed by atoms with Crippen molar-refractivity contribution in [3.63, 3.8) is 0 Å². The Balaban J connectivity index is 2.93. The average molecular weight is 246 g/mol. The van der Waals surface area contributed by atoms with E-state index in [1.54, 1.807) is 0 Å². The molecule has 1 heterocycles. The fraction of sp³-hybridized carbons (Fsp3) is 0.600. The largest absolute Gasteiger partial charge is 0.473 e. The number of nitrogens with two attached hydrogens (primary N) is 1. The molecular weight excluding hydrogens is 230 g/mol. The summed E-state index contributed by atoms with van der Waals surface area (Å²) < 4.78 is 29.9. The highest BCUT2D eigenvalue weighted by Gasteiger charge is 2.16. The second-order valence-corrected chi connectivity index (χ2v) is 3.85. The van der Waals surface area contributed by atoms with Crippen LogP contribution in [0.3, 0.4) is 0 Å². The zero-order chi connectivity index (χ0) is 13.0. The molecule has 0 aliphatic rings. The summed E-state index contributed by atoms with van der Waals surface area (Å²) in [6, 6.07) is 0. The maximum Gasteiger partial charge on any atom is 0.255 e. The molecule has 0 spiro atoms. The lowest BCUT2D eigenvalue weighted by Crippen LogP contribution is -2.26. The predicted molar refractivity (Wildman–Crippen MR) is 61.5 cm³/mol. The fourth-order valence-corrected chi connectivity index (χ4v) is 1.29. The van der Waals surface area contributed by atoms with Gasteiger partial charge in [0.25, 0.3) is 6.43 Å². The van der Waals surface area contributed by atoms with Gasteiger partial charge in [-0.25, -0.2) is 13.8 Å². The molecule has 7 heteroatoms. The third-order valence-corrected chi connectivity index (χ3v) is 1.95. The zero-order valence-corrected chi connectivity index (χ0v) is 10.0. The van der Waals surface area contributed by atoms with Gasteiger partial charge in [-0.05, 0) is 13.8 Å². The maximum absolute atomic E-state index is 12.3. The van der Waals surface area contributed by atoms with Gasteiger partial charge in [0.2, 0.25) is 5.88 Å². The Bertz CT molecular complexity index is 373. The summed E-state index contributed by atoms with van der Waals surface area (Å²) in [6.07, 6.45) is -1.31. The van der Waals surface area contributed by atoms with Crippen molar-refractivity contribution >= 4 is 11.5 Å². The molecular formula is C10H16F2N4O. The fourth-order valence-electron chi connectivity index (χ4n) is 1.29. The van der Waals surface area contributed by atoms with E-state index in [1.807, 2.05) is 13.8 Å². The molecule has 0 unspecified atom stereocenters. The van der Waals surface area contributed by atoms with E-state index in [0.29, 0.717) is 0 Å². The molecule has 2 N–H and O–H groups in total. The second-order valence-electron chi connectivity index (χ2n) is 3.85. The topological polar surface area (TPSA) is 64.3 Å².